The number of nitrogen functional groups attached to an aromatic ring is 1. The van der Waals surface area contributed by atoms with Crippen molar-refractivity contribution in [1.29, 1.82) is 0 Å². The van der Waals surface area contributed by atoms with Crippen LogP contribution < -0.4 is 5.73 Å². The van der Waals surface area contributed by atoms with Crippen molar-refractivity contribution in [2.75, 3.05) is 12.0 Å². The molecule has 2 aromatic heterocycles. The van der Waals surface area contributed by atoms with Crippen LogP contribution in [0, 0.1) is 11.6 Å². The average Bonchev–Trinajstić information content (AvgIpc) is 3.10. The Balaban J connectivity index is 1.80. The number of H-pyrrole nitrogens is 1. The standard InChI is InChI=1S/C21H17F2N3O2S/c1-29(27,28)15-4-2-3-12(7-15)13-8-16-14(11-26-21(16)25-10-13)9-17-18(22)5-6-19(24)20(17)23/h2-8,10-11H,9,24H2,1H3,(H,25,26). The highest BCUT2D eigenvalue weighted by molar-refractivity contribution is 7.90. The van der Waals surface area contributed by atoms with Crippen LogP contribution >= 0.6 is 0 Å². The lowest BCUT2D eigenvalue weighted by Crippen LogP contribution is -2.01. The van der Waals surface area contributed by atoms with Crippen molar-refractivity contribution in [2.45, 2.75) is 11.3 Å². The molecular formula is C21H17F2N3O2S. The van der Waals surface area contributed by atoms with Crippen molar-refractivity contribution in [3.05, 3.63) is 77.6 Å². The first-order valence-electron chi connectivity index (χ1n) is 8.73. The molecule has 4 rings (SSSR count). The van der Waals surface area contributed by atoms with E-state index in [4.69, 9.17) is 5.73 Å². The lowest BCUT2D eigenvalue weighted by molar-refractivity contribution is 0.564. The number of hydrogen-bond acceptors (Lipinski definition) is 4. The number of pyridine rings is 1. The molecule has 5 nitrogen and oxygen atoms in total. The van der Waals surface area contributed by atoms with Crippen LogP contribution in [0.1, 0.15) is 11.1 Å². The molecule has 0 saturated carbocycles. The highest BCUT2D eigenvalue weighted by Crippen LogP contribution is 2.29. The normalized spacial score (nSPS) is 11.8. The summed E-state index contributed by atoms with van der Waals surface area (Å²) >= 11 is 0. The summed E-state index contributed by atoms with van der Waals surface area (Å²) in [6.45, 7) is 0. The van der Waals surface area contributed by atoms with Gasteiger partial charge in [0.25, 0.3) is 0 Å². The third-order valence-electron chi connectivity index (χ3n) is 4.80. The van der Waals surface area contributed by atoms with Crippen LogP contribution in [0.25, 0.3) is 22.2 Å². The number of anilines is 1. The van der Waals surface area contributed by atoms with E-state index in [1.165, 1.54) is 12.1 Å². The molecule has 4 aromatic rings. The molecule has 29 heavy (non-hydrogen) atoms. The van der Waals surface area contributed by atoms with Crippen molar-refractivity contribution >= 4 is 26.6 Å². The second-order valence-electron chi connectivity index (χ2n) is 6.84. The smallest absolute Gasteiger partial charge is 0.175 e. The summed E-state index contributed by atoms with van der Waals surface area (Å²) in [5.74, 6) is -1.44. The molecule has 3 N–H and O–H groups in total. The van der Waals surface area contributed by atoms with Crippen molar-refractivity contribution < 1.29 is 17.2 Å². The van der Waals surface area contributed by atoms with Gasteiger partial charge >= 0.3 is 0 Å². The van der Waals surface area contributed by atoms with Crippen LogP contribution in [0.4, 0.5) is 14.5 Å². The number of rotatable bonds is 4. The van der Waals surface area contributed by atoms with E-state index in [2.05, 4.69) is 9.97 Å². The maximum atomic E-state index is 14.3. The second-order valence-corrected chi connectivity index (χ2v) is 8.86. The van der Waals surface area contributed by atoms with Crippen LogP contribution in [0.2, 0.25) is 0 Å². The predicted molar refractivity (Wildman–Crippen MR) is 108 cm³/mol. The Morgan fingerprint density at radius 3 is 2.66 bits per heavy atom. The summed E-state index contributed by atoms with van der Waals surface area (Å²) in [6, 6.07) is 10.7. The van der Waals surface area contributed by atoms with E-state index >= 15 is 0 Å². The molecule has 0 bridgehead atoms. The van der Waals surface area contributed by atoms with E-state index in [1.807, 2.05) is 6.07 Å². The molecule has 0 unspecified atom stereocenters. The average molecular weight is 413 g/mol. The number of aromatic nitrogens is 2. The van der Waals surface area contributed by atoms with E-state index in [0.29, 0.717) is 27.7 Å². The lowest BCUT2D eigenvalue weighted by Gasteiger charge is -2.08. The highest BCUT2D eigenvalue weighted by Gasteiger charge is 2.16. The van der Waals surface area contributed by atoms with Gasteiger partial charge in [-0.2, -0.15) is 0 Å². The Labute approximate surface area is 166 Å². The molecule has 0 amide bonds. The van der Waals surface area contributed by atoms with Crippen molar-refractivity contribution in [2.24, 2.45) is 0 Å². The zero-order chi connectivity index (χ0) is 20.8. The van der Waals surface area contributed by atoms with Gasteiger partial charge in [0, 0.05) is 41.6 Å². The third kappa shape index (κ3) is 3.58. The van der Waals surface area contributed by atoms with Crippen LogP contribution in [0.3, 0.4) is 0 Å². The Kier molecular flexibility index (Phi) is 4.58. The molecule has 0 saturated heterocycles. The van der Waals surface area contributed by atoms with Gasteiger partial charge in [-0.3, -0.25) is 0 Å². The second kappa shape index (κ2) is 6.97. The Bertz CT molecular complexity index is 1350. The molecule has 0 atom stereocenters. The fraction of sp³-hybridized carbons (Fsp3) is 0.0952. The van der Waals surface area contributed by atoms with Gasteiger partial charge in [-0.1, -0.05) is 12.1 Å². The Morgan fingerprint density at radius 2 is 1.90 bits per heavy atom. The van der Waals surface area contributed by atoms with Gasteiger partial charge in [-0.15, -0.1) is 0 Å². The van der Waals surface area contributed by atoms with E-state index in [1.54, 1.807) is 30.6 Å². The minimum Gasteiger partial charge on any atom is -0.396 e. The summed E-state index contributed by atoms with van der Waals surface area (Å²) in [7, 11) is -3.35. The number of nitrogens with one attached hydrogen (secondary N) is 1. The van der Waals surface area contributed by atoms with E-state index < -0.39 is 21.5 Å². The van der Waals surface area contributed by atoms with Crippen molar-refractivity contribution in [3.63, 3.8) is 0 Å². The predicted octanol–water partition coefficient (Wildman–Crippen LogP) is 4.08. The van der Waals surface area contributed by atoms with E-state index in [9.17, 15) is 17.2 Å². The van der Waals surface area contributed by atoms with Gasteiger partial charge in [0.05, 0.1) is 10.6 Å². The zero-order valence-corrected chi connectivity index (χ0v) is 16.2. The number of hydrogen-bond donors (Lipinski definition) is 2. The van der Waals surface area contributed by atoms with Gasteiger partial charge in [-0.05, 0) is 41.5 Å². The molecule has 0 aliphatic carbocycles. The lowest BCUT2D eigenvalue weighted by atomic mass is 10.0. The van der Waals surface area contributed by atoms with Crippen LogP contribution in [0.5, 0.6) is 0 Å². The van der Waals surface area contributed by atoms with E-state index in [0.717, 1.165) is 12.3 Å². The van der Waals surface area contributed by atoms with Gasteiger partial charge in [-0.25, -0.2) is 22.2 Å². The van der Waals surface area contributed by atoms with E-state index in [-0.39, 0.29) is 22.6 Å². The van der Waals surface area contributed by atoms with Gasteiger partial charge in [0.2, 0.25) is 0 Å². The minimum absolute atomic E-state index is 0.00276. The summed E-state index contributed by atoms with van der Waals surface area (Å²) < 4.78 is 52.1. The first-order valence-corrected chi connectivity index (χ1v) is 10.6. The molecule has 0 aliphatic heterocycles. The Morgan fingerprint density at radius 1 is 1.10 bits per heavy atom. The van der Waals surface area contributed by atoms with Gasteiger partial charge in [0.15, 0.2) is 15.7 Å². The fourth-order valence-electron chi connectivity index (χ4n) is 3.24. The summed E-state index contributed by atoms with van der Waals surface area (Å²) in [5, 5.41) is 0.688. The molecule has 148 valence electrons. The number of benzene rings is 2. The topological polar surface area (TPSA) is 88.8 Å². The first-order chi connectivity index (χ1) is 13.7. The molecule has 2 aromatic carbocycles. The third-order valence-corrected chi connectivity index (χ3v) is 5.91. The maximum absolute atomic E-state index is 14.3. The number of fused-ring (bicyclic) bond motifs is 1. The molecular weight excluding hydrogens is 396 g/mol. The number of nitrogens with zero attached hydrogens (tertiary/aromatic N) is 1. The molecule has 0 aliphatic rings. The molecule has 0 spiro atoms. The summed E-state index contributed by atoms with van der Waals surface area (Å²) in [6.07, 6.45) is 4.41. The first kappa shape index (κ1) is 19.1. The zero-order valence-electron chi connectivity index (χ0n) is 15.4. The number of nitrogens with two attached hydrogens (primary N) is 1. The van der Waals surface area contributed by atoms with Gasteiger partial charge in [0.1, 0.15) is 11.5 Å². The number of aromatic amines is 1. The van der Waals surface area contributed by atoms with Crippen LogP contribution in [-0.4, -0.2) is 24.6 Å². The Hall–Kier alpha value is -3.26. The number of halogens is 2. The van der Waals surface area contributed by atoms with Crippen LogP contribution in [-0.2, 0) is 16.3 Å². The van der Waals surface area contributed by atoms with Crippen molar-refractivity contribution in [3.8, 4) is 11.1 Å². The van der Waals surface area contributed by atoms with Crippen LogP contribution in [0.15, 0.2) is 59.8 Å². The number of sulfone groups is 1. The molecule has 0 fully saturated rings. The quantitative estimate of drug-likeness (QED) is 0.493. The molecule has 2 heterocycles. The fourth-order valence-corrected chi connectivity index (χ4v) is 3.90. The maximum Gasteiger partial charge on any atom is 0.175 e. The monoisotopic (exact) mass is 413 g/mol. The largest absolute Gasteiger partial charge is 0.396 e. The van der Waals surface area contributed by atoms with Gasteiger partial charge < -0.3 is 10.7 Å². The minimum atomic E-state index is -3.35. The van der Waals surface area contributed by atoms with Crippen molar-refractivity contribution in [1.82, 2.24) is 9.97 Å². The molecule has 8 heteroatoms. The SMILES string of the molecule is CS(=O)(=O)c1cccc(-c2cnc3[nH]cc(Cc4c(F)ccc(N)c4F)c3c2)c1. The summed E-state index contributed by atoms with van der Waals surface area (Å²) in [4.78, 5) is 7.55. The molecule has 0 radical (unpaired) electrons. The highest BCUT2D eigenvalue weighted by atomic mass is 32.2. The summed E-state index contributed by atoms with van der Waals surface area (Å²) in [5.41, 5.74) is 7.92.